The number of esters is 1. The van der Waals surface area contributed by atoms with Crippen LogP contribution in [-0.4, -0.2) is 31.4 Å². The Hall–Kier alpha value is -1.91. The molecule has 0 aromatic heterocycles. The first-order chi connectivity index (χ1) is 11.6. The topological polar surface area (TPSA) is 44.8 Å². The van der Waals surface area contributed by atoms with Crippen LogP contribution in [0.3, 0.4) is 0 Å². The van der Waals surface area contributed by atoms with E-state index in [1.807, 2.05) is 63.3 Å². The van der Waals surface area contributed by atoms with Crippen LogP contribution < -0.4 is 0 Å². The molecule has 0 saturated carbocycles. The van der Waals surface area contributed by atoms with E-state index in [1.54, 1.807) is 6.08 Å². The SMILES string of the molecule is C=C[C@H](OCC(=O)O[C@@H](C)/C=C\C)[C@@H](C)COCc1ccccc1. The van der Waals surface area contributed by atoms with Crippen molar-refractivity contribution in [2.24, 2.45) is 5.92 Å². The van der Waals surface area contributed by atoms with Crippen LogP contribution in [0.1, 0.15) is 26.3 Å². The van der Waals surface area contributed by atoms with Crippen LogP contribution >= 0.6 is 0 Å². The summed E-state index contributed by atoms with van der Waals surface area (Å²) in [5, 5.41) is 0. The maximum absolute atomic E-state index is 11.7. The van der Waals surface area contributed by atoms with Crippen molar-refractivity contribution in [3.8, 4) is 0 Å². The summed E-state index contributed by atoms with van der Waals surface area (Å²) in [6.07, 6.45) is 4.84. The van der Waals surface area contributed by atoms with Gasteiger partial charge in [0.25, 0.3) is 0 Å². The lowest BCUT2D eigenvalue weighted by molar-refractivity contribution is -0.153. The van der Waals surface area contributed by atoms with E-state index < -0.39 is 0 Å². The largest absolute Gasteiger partial charge is 0.457 e. The minimum Gasteiger partial charge on any atom is -0.457 e. The van der Waals surface area contributed by atoms with Gasteiger partial charge in [-0.3, -0.25) is 0 Å². The molecule has 24 heavy (non-hydrogen) atoms. The van der Waals surface area contributed by atoms with Crippen molar-refractivity contribution in [3.63, 3.8) is 0 Å². The van der Waals surface area contributed by atoms with Gasteiger partial charge >= 0.3 is 5.97 Å². The van der Waals surface area contributed by atoms with Crippen molar-refractivity contribution in [2.45, 2.75) is 39.6 Å². The fourth-order valence-corrected chi connectivity index (χ4v) is 2.21. The summed E-state index contributed by atoms with van der Waals surface area (Å²) in [6, 6.07) is 9.99. The van der Waals surface area contributed by atoms with Crippen LogP contribution in [0, 0.1) is 5.92 Å². The summed E-state index contributed by atoms with van der Waals surface area (Å²) in [4.78, 5) is 11.7. The number of carbonyl (C=O) groups excluding carboxylic acids is 1. The van der Waals surface area contributed by atoms with Gasteiger partial charge in [-0.25, -0.2) is 4.79 Å². The van der Waals surface area contributed by atoms with E-state index in [1.165, 1.54) is 0 Å². The maximum Gasteiger partial charge on any atom is 0.332 e. The van der Waals surface area contributed by atoms with E-state index in [-0.39, 0.29) is 30.7 Å². The Morgan fingerprint density at radius 1 is 1.25 bits per heavy atom. The molecule has 0 unspecified atom stereocenters. The lowest BCUT2D eigenvalue weighted by atomic mass is 10.1. The number of rotatable bonds is 11. The molecule has 0 aliphatic rings. The van der Waals surface area contributed by atoms with Gasteiger partial charge in [0.15, 0.2) is 0 Å². The third-order valence-corrected chi connectivity index (χ3v) is 3.46. The van der Waals surface area contributed by atoms with Gasteiger partial charge < -0.3 is 14.2 Å². The van der Waals surface area contributed by atoms with E-state index >= 15 is 0 Å². The normalized spacial score (nSPS) is 15.0. The Morgan fingerprint density at radius 3 is 2.58 bits per heavy atom. The van der Waals surface area contributed by atoms with Crippen LogP contribution in [0.5, 0.6) is 0 Å². The first kappa shape index (κ1) is 20.1. The molecule has 4 nitrogen and oxygen atoms in total. The smallest absolute Gasteiger partial charge is 0.332 e. The van der Waals surface area contributed by atoms with Crippen LogP contribution in [0.2, 0.25) is 0 Å². The molecule has 132 valence electrons. The third-order valence-electron chi connectivity index (χ3n) is 3.46. The zero-order chi connectivity index (χ0) is 17.8. The molecule has 0 radical (unpaired) electrons. The lowest BCUT2D eigenvalue weighted by Crippen LogP contribution is -2.27. The molecular formula is C20H28O4. The van der Waals surface area contributed by atoms with Gasteiger partial charge in [0.2, 0.25) is 0 Å². The summed E-state index contributed by atoms with van der Waals surface area (Å²) in [5.41, 5.74) is 1.13. The van der Waals surface area contributed by atoms with Gasteiger partial charge in [-0.2, -0.15) is 0 Å². The lowest BCUT2D eigenvalue weighted by Gasteiger charge is -2.21. The average Bonchev–Trinajstić information content (AvgIpc) is 2.56. The fourth-order valence-electron chi connectivity index (χ4n) is 2.21. The Bertz CT molecular complexity index is 510. The van der Waals surface area contributed by atoms with Crippen molar-refractivity contribution >= 4 is 5.97 Å². The monoisotopic (exact) mass is 332 g/mol. The number of hydrogen-bond donors (Lipinski definition) is 0. The third kappa shape index (κ3) is 8.09. The highest BCUT2D eigenvalue weighted by atomic mass is 16.6. The molecule has 0 heterocycles. The van der Waals surface area contributed by atoms with Crippen molar-refractivity contribution in [1.29, 1.82) is 0 Å². The van der Waals surface area contributed by atoms with Crippen molar-refractivity contribution in [2.75, 3.05) is 13.2 Å². The predicted octanol–water partition coefficient (Wildman–Crippen LogP) is 3.92. The second-order valence-corrected chi connectivity index (χ2v) is 5.71. The zero-order valence-electron chi connectivity index (χ0n) is 14.8. The summed E-state index contributed by atoms with van der Waals surface area (Å²) >= 11 is 0. The van der Waals surface area contributed by atoms with E-state index in [0.717, 1.165) is 5.56 Å². The second kappa shape index (κ2) is 11.6. The molecule has 0 fully saturated rings. The molecule has 1 aromatic carbocycles. The molecule has 0 bridgehead atoms. The van der Waals surface area contributed by atoms with Crippen LogP contribution in [0.25, 0.3) is 0 Å². The Kier molecular flexibility index (Phi) is 9.73. The first-order valence-electron chi connectivity index (χ1n) is 8.25. The molecule has 0 aliphatic carbocycles. The summed E-state index contributed by atoms with van der Waals surface area (Å²) < 4.78 is 16.5. The molecule has 0 amide bonds. The molecule has 0 N–H and O–H groups in total. The molecule has 0 saturated heterocycles. The Labute approximate surface area is 145 Å². The standard InChI is InChI=1S/C20H28O4/c1-5-10-17(4)24-20(21)15-23-19(6-2)16(3)13-22-14-18-11-8-7-9-12-18/h5-12,16-17,19H,2,13-15H2,1,3-4H3/b10-5-/t16-,17-,19-/m0/s1. The van der Waals surface area contributed by atoms with Gasteiger partial charge in [-0.05, 0) is 25.5 Å². The molecule has 4 heteroatoms. The molecule has 0 aliphatic heterocycles. The van der Waals surface area contributed by atoms with Gasteiger partial charge in [-0.1, -0.05) is 49.4 Å². The van der Waals surface area contributed by atoms with Crippen LogP contribution in [0.15, 0.2) is 55.1 Å². The summed E-state index contributed by atoms with van der Waals surface area (Å²) in [6.45, 7) is 10.4. The number of carbonyl (C=O) groups is 1. The van der Waals surface area contributed by atoms with Gasteiger partial charge in [-0.15, -0.1) is 6.58 Å². The molecule has 1 aromatic rings. The molecular weight excluding hydrogens is 304 g/mol. The van der Waals surface area contributed by atoms with E-state index in [4.69, 9.17) is 14.2 Å². The van der Waals surface area contributed by atoms with E-state index in [0.29, 0.717) is 13.2 Å². The van der Waals surface area contributed by atoms with Crippen molar-refractivity contribution < 1.29 is 19.0 Å². The number of ether oxygens (including phenoxy) is 3. The highest BCUT2D eigenvalue weighted by Crippen LogP contribution is 2.11. The van der Waals surface area contributed by atoms with Crippen molar-refractivity contribution in [1.82, 2.24) is 0 Å². The Balaban J connectivity index is 2.31. The van der Waals surface area contributed by atoms with Crippen LogP contribution in [0.4, 0.5) is 0 Å². The van der Waals surface area contributed by atoms with Crippen LogP contribution in [-0.2, 0) is 25.6 Å². The minimum atomic E-state index is -0.384. The molecule has 1 rings (SSSR count). The second-order valence-electron chi connectivity index (χ2n) is 5.71. The Morgan fingerprint density at radius 2 is 1.96 bits per heavy atom. The summed E-state index contributed by atoms with van der Waals surface area (Å²) in [5.74, 6) is -0.295. The van der Waals surface area contributed by atoms with Gasteiger partial charge in [0.05, 0.1) is 19.3 Å². The summed E-state index contributed by atoms with van der Waals surface area (Å²) in [7, 11) is 0. The molecule has 0 spiro atoms. The van der Waals surface area contributed by atoms with E-state index in [2.05, 4.69) is 6.58 Å². The van der Waals surface area contributed by atoms with Crippen molar-refractivity contribution in [3.05, 3.63) is 60.7 Å². The highest BCUT2D eigenvalue weighted by molar-refractivity contribution is 5.71. The number of allylic oxidation sites excluding steroid dienone is 1. The van der Waals surface area contributed by atoms with Gasteiger partial charge in [0, 0.05) is 5.92 Å². The maximum atomic E-state index is 11.7. The average molecular weight is 332 g/mol. The first-order valence-corrected chi connectivity index (χ1v) is 8.25. The number of hydrogen-bond acceptors (Lipinski definition) is 4. The molecule has 3 atom stereocenters. The fraction of sp³-hybridized carbons (Fsp3) is 0.450. The van der Waals surface area contributed by atoms with Gasteiger partial charge in [0.1, 0.15) is 12.7 Å². The highest BCUT2D eigenvalue weighted by Gasteiger charge is 2.17. The predicted molar refractivity (Wildman–Crippen MR) is 95.6 cm³/mol. The quantitative estimate of drug-likeness (QED) is 0.455. The minimum absolute atomic E-state index is 0.0898. The zero-order valence-corrected chi connectivity index (χ0v) is 14.8. The number of benzene rings is 1. The van der Waals surface area contributed by atoms with E-state index in [9.17, 15) is 4.79 Å².